The van der Waals surface area contributed by atoms with Crippen molar-refractivity contribution in [1.82, 2.24) is 4.98 Å². The highest BCUT2D eigenvalue weighted by Gasteiger charge is 2.24. The average molecular weight is 292 g/mol. The first-order valence-electron chi connectivity index (χ1n) is 7.77. The lowest BCUT2D eigenvalue weighted by Gasteiger charge is -2.36. The first-order chi connectivity index (χ1) is 10.2. The van der Waals surface area contributed by atoms with Crippen LogP contribution in [0.5, 0.6) is 0 Å². The number of anilines is 1. The number of carboxylic acids is 1. The Morgan fingerprint density at radius 1 is 1.43 bits per heavy atom. The fourth-order valence-corrected chi connectivity index (χ4v) is 2.98. The Bertz CT molecular complexity index is 488. The molecule has 0 spiro atoms. The van der Waals surface area contributed by atoms with Crippen molar-refractivity contribution in [2.75, 3.05) is 18.1 Å². The third-order valence-corrected chi connectivity index (χ3v) is 4.00. The first-order valence-corrected chi connectivity index (χ1v) is 7.77. The van der Waals surface area contributed by atoms with Crippen LogP contribution in [0.3, 0.4) is 0 Å². The Balaban J connectivity index is 2.33. The quantitative estimate of drug-likeness (QED) is 0.842. The van der Waals surface area contributed by atoms with Crippen LogP contribution in [0.4, 0.5) is 5.82 Å². The van der Waals surface area contributed by atoms with Gasteiger partial charge in [-0.2, -0.15) is 0 Å². The van der Waals surface area contributed by atoms with Gasteiger partial charge in [0.25, 0.3) is 0 Å². The molecule has 0 radical (unpaired) electrons. The van der Waals surface area contributed by atoms with Gasteiger partial charge < -0.3 is 15.1 Å². The molecule has 1 unspecified atom stereocenters. The highest BCUT2D eigenvalue weighted by molar-refractivity contribution is 5.88. The Morgan fingerprint density at radius 2 is 2.24 bits per heavy atom. The number of nitrogens with zero attached hydrogens (tertiary/aromatic N) is 2. The Labute approximate surface area is 125 Å². The molecular formula is C16H24N2O3. The van der Waals surface area contributed by atoms with Crippen LogP contribution in [0.25, 0.3) is 0 Å². The van der Waals surface area contributed by atoms with Gasteiger partial charge in [0.1, 0.15) is 5.82 Å². The van der Waals surface area contributed by atoms with Gasteiger partial charge in [-0.25, -0.2) is 9.78 Å². The molecule has 0 aromatic carbocycles. The minimum absolute atomic E-state index is 0.154. The number of carboxylic acid groups (broad SMARTS) is 1. The second-order valence-electron chi connectivity index (χ2n) is 5.62. The van der Waals surface area contributed by atoms with Crippen LogP contribution in [0.1, 0.15) is 55.1 Å². The van der Waals surface area contributed by atoms with E-state index in [9.17, 15) is 15.0 Å². The molecule has 1 aromatic rings. The summed E-state index contributed by atoms with van der Waals surface area (Å²) in [6.45, 7) is 3.10. The van der Waals surface area contributed by atoms with Gasteiger partial charge in [-0.1, -0.05) is 13.3 Å². The first kappa shape index (κ1) is 15.8. The number of aromatic carboxylic acids is 1. The lowest BCUT2D eigenvalue weighted by Crippen LogP contribution is -2.40. The van der Waals surface area contributed by atoms with Gasteiger partial charge in [0.05, 0.1) is 5.56 Å². The maximum absolute atomic E-state index is 11.3. The standard InChI is InChI=1S/C16H24N2O3/c1-2-5-13-10-12(16(20)21)11-15(17-13)18-8-4-3-6-14(18)7-9-19/h10-11,14,19H,2-9H2,1H3,(H,20,21). The van der Waals surface area contributed by atoms with E-state index in [1.54, 1.807) is 12.1 Å². The fourth-order valence-electron chi connectivity index (χ4n) is 2.98. The highest BCUT2D eigenvalue weighted by Crippen LogP contribution is 2.26. The third-order valence-electron chi connectivity index (χ3n) is 4.00. The molecule has 1 atom stereocenters. The van der Waals surface area contributed by atoms with Gasteiger partial charge in [-0.05, 0) is 44.2 Å². The summed E-state index contributed by atoms with van der Waals surface area (Å²) in [5.41, 5.74) is 1.14. The molecule has 0 aliphatic carbocycles. The number of pyridine rings is 1. The molecular weight excluding hydrogens is 268 g/mol. The predicted molar refractivity (Wildman–Crippen MR) is 81.9 cm³/mol. The molecule has 5 nitrogen and oxygen atoms in total. The van der Waals surface area contributed by atoms with Crippen LogP contribution in [0.15, 0.2) is 12.1 Å². The van der Waals surface area contributed by atoms with Gasteiger partial charge in [-0.15, -0.1) is 0 Å². The zero-order valence-corrected chi connectivity index (χ0v) is 12.6. The van der Waals surface area contributed by atoms with Gasteiger partial charge in [-0.3, -0.25) is 0 Å². The SMILES string of the molecule is CCCc1cc(C(=O)O)cc(N2CCCCC2CCO)n1. The number of rotatable bonds is 6. The van der Waals surface area contributed by atoms with Crippen molar-refractivity contribution in [3.05, 3.63) is 23.4 Å². The Hall–Kier alpha value is -1.62. The van der Waals surface area contributed by atoms with Crippen LogP contribution in [-0.4, -0.2) is 40.4 Å². The van der Waals surface area contributed by atoms with E-state index in [1.165, 1.54) is 0 Å². The van der Waals surface area contributed by atoms with E-state index in [4.69, 9.17) is 0 Å². The number of piperidine rings is 1. The van der Waals surface area contributed by atoms with Crippen molar-refractivity contribution < 1.29 is 15.0 Å². The number of aromatic nitrogens is 1. The monoisotopic (exact) mass is 292 g/mol. The van der Waals surface area contributed by atoms with Crippen molar-refractivity contribution in [1.29, 1.82) is 0 Å². The van der Waals surface area contributed by atoms with E-state index in [-0.39, 0.29) is 12.6 Å². The molecule has 0 amide bonds. The Kier molecular flexibility index (Phi) is 5.56. The summed E-state index contributed by atoms with van der Waals surface area (Å²) < 4.78 is 0. The number of aliphatic hydroxyl groups excluding tert-OH is 1. The maximum Gasteiger partial charge on any atom is 0.335 e. The maximum atomic E-state index is 11.3. The molecule has 1 aliphatic rings. The summed E-state index contributed by atoms with van der Waals surface area (Å²) in [7, 11) is 0. The number of aliphatic hydroxyl groups is 1. The molecule has 0 saturated carbocycles. The summed E-state index contributed by atoms with van der Waals surface area (Å²) in [4.78, 5) is 18.1. The summed E-state index contributed by atoms with van der Waals surface area (Å²) >= 11 is 0. The molecule has 1 aromatic heterocycles. The van der Waals surface area contributed by atoms with Crippen molar-refractivity contribution in [3.8, 4) is 0 Å². The topological polar surface area (TPSA) is 73.7 Å². The van der Waals surface area contributed by atoms with E-state index >= 15 is 0 Å². The van der Waals surface area contributed by atoms with Crippen LogP contribution >= 0.6 is 0 Å². The lowest BCUT2D eigenvalue weighted by molar-refractivity contribution is 0.0696. The minimum Gasteiger partial charge on any atom is -0.478 e. The molecule has 21 heavy (non-hydrogen) atoms. The molecule has 1 aliphatic heterocycles. The van der Waals surface area contributed by atoms with Crippen molar-refractivity contribution in [2.24, 2.45) is 0 Å². The van der Waals surface area contributed by atoms with Gasteiger partial charge >= 0.3 is 5.97 Å². The van der Waals surface area contributed by atoms with Crippen LogP contribution in [-0.2, 0) is 6.42 Å². The molecule has 2 rings (SSSR count). The zero-order chi connectivity index (χ0) is 15.2. The summed E-state index contributed by atoms with van der Waals surface area (Å²) in [6, 6.07) is 3.59. The summed E-state index contributed by atoms with van der Waals surface area (Å²) in [6.07, 6.45) is 5.71. The number of hydrogen-bond acceptors (Lipinski definition) is 4. The number of carbonyl (C=O) groups is 1. The van der Waals surface area contributed by atoms with Crippen LogP contribution in [0, 0.1) is 0 Å². The second-order valence-corrected chi connectivity index (χ2v) is 5.62. The molecule has 1 saturated heterocycles. The number of aryl methyl sites for hydroxylation is 1. The van der Waals surface area contributed by atoms with Crippen molar-refractivity contribution >= 4 is 11.8 Å². The summed E-state index contributed by atoms with van der Waals surface area (Å²) in [5.74, 6) is -0.164. The van der Waals surface area contributed by atoms with Gasteiger partial charge in [0, 0.05) is 24.9 Å². The Morgan fingerprint density at radius 3 is 2.90 bits per heavy atom. The van der Waals surface area contributed by atoms with E-state index in [2.05, 4.69) is 16.8 Å². The lowest BCUT2D eigenvalue weighted by atomic mass is 9.99. The minimum atomic E-state index is -0.910. The van der Waals surface area contributed by atoms with Crippen LogP contribution < -0.4 is 4.90 Å². The van der Waals surface area contributed by atoms with Gasteiger partial charge in [0.15, 0.2) is 0 Å². The van der Waals surface area contributed by atoms with E-state index in [0.717, 1.165) is 50.2 Å². The molecule has 2 heterocycles. The highest BCUT2D eigenvalue weighted by atomic mass is 16.4. The summed E-state index contributed by atoms with van der Waals surface area (Å²) in [5, 5.41) is 18.5. The molecule has 1 fully saturated rings. The predicted octanol–water partition coefficient (Wildman–Crippen LogP) is 2.47. The smallest absolute Gasteiger partial charge is 0.335 e. The molecule has 0 bridgehead atoms. The third kappa shape index (κ3) is 3.94. The normalized spacial score (nSPS) is 18.8. The molecule has 2 N–H and O–H groups in total. The fraction of sp³-hybridized carbons (Fsp3) is 0.625. The molecule has 5 heteroatoms. The molecule has 116 valence electrons. The van der Waals surface area contributed by atoms with E-state index in [0.29, 0.717) is 12.0 Å². The largest absolute Gasteiger partial charge is 0.478 e. The van der Waals surface area contributed by atoms with Crippen molar-refractivity contribution in [3.63, 3.8) is 0 Å². The zero-order valence-electron chi connectivity index (χ0n) is 12.6. The van der Waals surface area contributed by atoms with E-state index < -0.39 is 5.97 Å². The van der Waals surface area contributed by atoms with E-state index in [1.807, 2.05) is 0 Å². The number of hydrogen-bond donors (Lipinski definition) is 2. The second kappa shape index (κ2) is 7.41. The average Bonchev–Trinajstić information content (AvgIpc) is 2.48. The van der Waals surface area contributed by atoms with Crippen LogP contribution in [0.2, 0.25) is 0 Å². The van der Waals surface area contributed by atoms with Crippen molar-refractivity contribution in [2.45, 2.75) is 51.5 Å². The van der Waals surface area contributed by atoms with Gasteiger partial charge in [0.2, 0.25) is 0 Å².